The highest BCUT2D eigenvalue weighted by molar-refractivity contribution is 5.74. The third-order valence-corrected chi connectivity index (χ3v) is 3.28. The van der Waals surface area contributed by atoms with E-state index >= 15 is 0 Å². The van der Waals surface area contributed by atoms with E-state index in [4.69, 9.17) is 4.74 Å². The first-order valence-electron chi connectivity index (χ1n) is 6.94. The van der Waals surface area contributed by atoms with E-state index in [9.17, 15) is 22.4 Å². The summed E-state index contributed by atoms with van der Waals surface area (Å²) >= 11 is 0. The highest BCUT2D eigenvalue weighted by Gasteiger charge is 2.49. The zero-order valence-corrected chi connectivity index (χ0v) is 12.7. The summed E-state index contributed by atoms with van der Waals surface area (Å²) in [4.78, 5) is 16.9. The maximum absolute atomic E-state index is 12.9. The third kappa shape index (κ3) is 4.78. The van der Waals surface area contributed by atoms with Crippen LogP contribution in [0.2, 0.25) is 0 Å². The average molecular weight is 335 g/mol. The van der Waals surface area contributed by atoms with Crippen molar-refractivity contribution in [2.24, 2.45) is 0 Å². The van der Waals surface area contributed by atoms with Crippen LogP contribution in [0.5, 0.6) is 0 Å². The molecule has 1 aliphatic rings. The van der Waals surface area contributed by atoms with E-state index in [-0.39, 0.29) is 13.1 Å². The molecule has 0 aromatic carbocycles. The number of amides is 2. The van der Waals surface area contributed by atoms with Crippen LogP contribution in [0.1, 0.15) is 19.5 Å². The van der Waals surface area contributed by atoms with E-state index in [1.807, 2.05) is 0 Å². The van der Waals surface area contributed by atoms with Crippen molar-refractivity contribution in [3.63, 3.8) is 0 Å². The second kappa shape index (κ2) is 6.31. The first kappa shape index (κ1) is 17.5. The Bertz CT molecular complexity index is 560. The van der Waals surface area contributed by atoms with Gasteiger partial charge in [0.1, 0.15) is 5.82 Å². The molecule has 1 N–H and O–H groups in total. The van der Waals surface area contributed by atoms with Gasteiger partial charge in [-0.25, -0.2) is 9.18 Å². The Morgan fingerprint density at radius 1 is 1.48 bits per heavy atom. The largest absolute Gasteiger partial charge is 0.416 e. The molecule has 1 atom stereocenters. The minimum Gasteiger partial charge on any atom is -0.359 e. The maximum Gasteiger partial charge on any atom is 0.416 e. The molecular weight excluding hydrogens is 318 g/mol. The van der Waals surface area contributed by atoms with Crippen LogP contribution in [0.25, 0.3) is 0 Å². The minimum atomic E-state index is -4.55. The summed E-state index contributed by atoms with van der Waals surface area (Å²) in [5.74, 6) is -0.511. The molecule has 1 aromatic rings. The SMILES string of the molecule is CC1(C)CN(C(=O)NCc2ccc(F)cn2)CC(C(F)(F)F)O1. The molecule has 0 saturated carbocycles. The molecule has 128 valence electrons. The normalized spacial score (nSPS) is 21.1. The van der Waals surface area contributed by atoms with Crippen LogP contribution in [-0.2, 0) is 11.3 Å². The lowest BCUT2D eigenvalue weighted by Gasteiger charge is -2.43. The number of urea groups is 1. The molecule has 2 amide bonds. The van der Waals surface area contributed by atoms with Crippen molar-refractivity contribution < 1.29 is 27.1 Å². The number of pyridine rings is 1. The molecule has 5 nitrogen and oxygen atoms in total. The second-order valence-electron chi connectivity index (χ2n) is 5.91. The van der Waals surface area contributed by atoms with Gasteiger partial charge in [0.15, 0.2) is 6.10 Å². The number of ether oxygens (including phenoxy) is 1. The number of nitrogens with zero attached hydrogens (tertiary/aromatic N) is 2. The van der Waals surface area contributed by atoms with Crippen molar-refractivity contribution in [1.82, 2.24) is 15.2 Å². The smallest absolute Gasteiger partial charge is 0.359 e. The molecule has 1 saturated heterocycles. The zero-order valence-electron chi connectivity index (χ0n) is 12.7. The van der Waals surface area contributed by atoms with E-state index in [1.165, 1.54) is 26.0 Å². The number of alkyl halides is 3. The van der Waals surface area contributed by atoms with Gasteiger partial charge in [-0.3, -0.25) is 4.98 Å². The lowest BCUT2D eigenvalue weighted by molar-refractivity contribution is -0.267. The minimum absolute atomic E-state index is 0.00637. The summed E-state index contributed by atoms with van der Waals surface area (Å²) in [5.41, 5.74) is -0.705. The third-order valence-electron chi connectivity index (χ3n) is 3.28. The Morgan fingerprint density at radius 2 is 2.17 bits per heavy atom. The molecule has 2 rings (SSSR count). The fourth-order valence-corrected chi connectivity index (χ4v) is 2.30. The molecule has 9 heteroatoms. The Hall–Kier alpha value is -1.90. The van der Waals surface area contributed by atoms with Crippen molar-refractivity contribution in [2.45, 2.75) is 38.3 Å². The number of nitrogens with one attached hydrogen (secondary N) is 1. The summed E-state index contributed by atoms with van der Waals surface area (Å²) in [5, 5.41) is 2.48. The van der Waals surface area contributed by atoms with Gasteiger partial charge in [0, 0.05) is 0 Å². The topological polar surface area (TPSA) is 54.5 Å². The Morgan fingerprint density at radius 3 is 2.74 bits per heavy atom. The number of hydrogen-bond donors (Lipinski definition) is 1. The number of aromatic nitrogens is 1. The molecule has 23 heavy (non-hydrogen) atoms. The van der Waals surface area contributed by atoms with Crippen LogP contribution >= 0.6 is 0 Å². The number of carbonyl (C=O) groups excluding carboxylic acids is 1. The highest BCUT2D eigenvalue weighted by Crippen LogP contribution is 2.31. The van der Waals surface area contributed by atoms with Crippen LogP contribution in [0.15, 0.2) is 18.3 Å². The van der Waals surface area contributed by atoms with Crippen molar-refractivity contribution in [1.29, 1.82) is 0 Å². The lowest BCUT2D eigenvalue weighted by Crippen LogP contribution is -2.60. The van der Waals surface area contributed by atoms with Crippen LogP contribution < -0.4 is 5.32 Å². The van der Waals surface area contributed by atoms with E-state index < -0.39 is 36.3 Å². The summed E-state index contributed by atoms with van der Waals surface area (Å²) in [6.45, 7) is 2.44. The summed E-state index contributed by atoms with van der Waals surface area (Å²) in [6.07, 6.45) is -5.57. The van der Waals surface area contributed by atoms with Crippen LogP contribution in [-0.4, -0.2) is 46.9 Å². The lowest BCUT2D eigenvalue weighted by atomic mass is 10.1. The van der Waals surface area contributed by atoms with Crippen molar-refractivity contribution >= 4 is 6.03 Å². The standard InChI is InChI=1S/C14H17F4N3O2/c1-13(2)8-21(7-11(23-13)14(16,17)18)12(22)20-6-10-4-3-9(15)5-19-10/h3-5,11H,6-8H2,1-2H3,(H,20,22). The van der Waals surface area contributed by atoms with Crippen LogP contribution in [0.3, 0.4) is 0 Å². The number of halogens is 4. The first-order chi connectivity index (χ1) is 10.6. The molecule has 0 radical (unpaired) electrons. The quantitative estimate of drug-likeness (QED) is 0.845. The highest BCUT2D eigenvalue weighted by atomic mass is 19.4. The van der Waals surface area contributed by atoms with Gasteiger partial charge in [-0.1, -0.05) is 0 Å². The Balaban J connectivity index is 1.98. The van der Waals surface area contributed by atoms with Gasteiger partial charge in [0.25, 0.3) is 0 Å². The van der Waals surface area contributed by atoms with Crippen LogP contribution in [0, 0.1) is 5.82 Å². The van der Waals surface area contributed by atoms with Gasteiger partial charge in [-0.2, -0.15) is 13.2 Å². The average Bonchev–Trinajstić information content (AvgIpc) is 2.43. The fraction of sp³-hybridized carbons (Fsp3) is 0.571. The Kier molecular flexibility index (Phi) is 4.79. The van der Waals surface area contributed by atoms with Gasteiger partial charge >= 0.3 is 12.2 Å². The molecule has 0 spiro atoms. The van der Waals surface area contributed by atoms with E-state index in [0.717, 1.165) is 11.1 Å². The fourth-order valence-electron chi connectivity index (χ4n) is 2.30. The number of hydrogen-bond acceptors (Lipinski definition) is 3. The van der Waals surface area contributed by atoms with Gasteiger partial charge in [0.05, 0.1) is 37.1 Å². The van der Waals surface area contributed by atoms with Gasteiger partial charge in [-0.15, -0.1) is 0 Å². The predicted molar refractivity (Wildman–Crippen MR) is 73.0 cm³/mol. The first-order valence-corrected chi connectivity index (χ1v) is 6.94. The summed E-state index contributed by atoms with van der Waals surface area (Å²) in [7, 11) is 0. The van der Waals surface area contributed by atoms with E-state index in [1.54, 1.807) is 0 Å². The number of carbonyl (C=O) groups is 1. The van der Waals surface area contributed by atoms with Crippen LogP contribution in [0.4, 0.5) is 22.4 Å². The molecule has 1 aromatic heterocycles. The van der Waals surface area contributed by atoms with Crippen molar-refractivity contribution in [2.75, 3.05) is 13.1 Å². The Labute approximate surface area is 130 Å². The second-order valence-corrected chi connectivity index (χ2v) is 5.91. The monoisotopic (exact) mass is 335 g/mol. The molecule has 0 bridgehead atoms. The van der Waals surface area contributed by atoms with Gasteiger partial charge < -0.3 is 15.0 Å². The predicted octanol–water partition coefficient (Wildman–Crippen LogP) is 2.47. The summed E-state index contributed by atoms with van der Waals surface area (Å²) in [6, 6.07) is 1.92. The molecule has 1 fully saturated rings. The molecule has 0 aliphatic carbocycles. The van der Waals surface area contributed by atoms with Crippen molar-refractivity contribution in [3.05, 3.63) is 29.8 Å². The van der Waals surface area contributed by atoms with E-state index in [0.29, 0.717) is 5.69 Å². The van der Waals surface area contributed by atoms with E-state index in [2.05, 4.69) is 10.3 Å². The number of morpholine rings is 1. The molecule has 1 aliphatic heterocycles. The molecule has 1 unspecified atom stereocenters. The number of rotatable bonds is 2. The summed E-state index contributed by atoms with van der Waals surface area (Å²) < 4.78 is 56.4. The molecule has 2 heterocycles. The zero-order chi connectivity index (χ0) is 17.3. The molecular formula is C14H17F4N3O2. The van der Waals surface area contributed by atoms with Gasteiger partial charge in [0.2, 0.25) is 0 Å². The maximum atomic E-state index is 12.9. The van der Waals surface area contributed by atoms with Gasteiger partial charge in [-0.05, 0) is 26.0 Å². The van der Waals surface area contributed by atoms with Crippen molar-refractivity contribution in [3.8, 4) is 0 Å².